The van der Waals surface area contributed by atoms with Gasteiger partial charge < -0.3 is 10.3 Å². The average Bonchev–Trinajstić information content (AvgIpc) is 2.95. The average molecular weight is 261 g/mol. The Bertz CT molecular complexity index is 748. The maximum absolute atomic E-state index is 8.75. The fourth-order valence-corrected chi connectivity index (χ4v) is 2.26. The van der Waals surface area contributed by atoms with Crippen molar-refractivity contribution in [2.45, 2.75) is 13.1 Å². The molecule has 1 aromatic heterocycles. The van der Waals surface area contributed by atoms with Gasteiger partial charge in [0, 0.05) is 24.8 Å². The number of H-pyrrole nitrogens is 1. The minimum Gasteiger partial charge on any atom is -0.361 e. The number of hydrogen-bond acceptors (Lipinski definition) is 2. The maximum atomic E-state index is 8.75. The monoisotopic (exact) mass is 261 g/mol. The van der Waals surface area contributed by atoms with Gasteiger partial charge in [-0.1, -0.05) is 18.2 Å². The minimum absolute atomic E-state index is 0.701. The molecule has 0 aliphatic carbocycles. The van der Waals surface area contributed by atoms with E-state index < -0.39 is 0 Å². The van der Waals surface area contributed by atoms with Crippen LogP contribution >= 0.6 is 0 Å². The van der Waals surface area contributed by atoms with Crippen molar-refractivity contribution in [2.75, 3.05) is 0 Å². The third-order valence-electron chi connectivity index (χ3n) is 3.36. The van der Waals surface area contributed by atoms with Crippen molar-refractivity contribution in [1.82, 2.24) is 10.3 Å². The highest BCUT2D eigenvalue weighted by molar-refractivity contribution is 5.79. The Labute approximate surface area is 117 Å². The molecule has 3 aromatic rings. The summed E-state index contributed by atoms with van der Waals surface area (Å²) in [6, 6.07) is 18.3. The first-order valence-corrected chi connectivity index (χ1v) is 6.61. The first kappa shape index (κ1) is 12.5. The molecule has 3 nitrogen and oxygen atoms in total. The molecule has 0 unspecified atom stereocenters. The van der Waals surface area contributed by atoms with Gasteiger partial charge >= 0.3 is 0 Å². The Morgan fingerprint density at radius 2 is 1.70 bits per heavy atom. The molecule has 0 saturated heterocycles. The standard InChI is InChI=1S/C17H15N3/c18-10-13-1-3-14(4-2-13)11-19-12-15-5-6-17-16(9-15)7-8-20-17/h1-9,19-20H,11-12H2. The Morgan fingerprint density at radius 1 is 0.950 bits per heavy atom. The lowest BCUT2D eigenvalue weighted by molar-refractivity contribution is 0.694. The first-order valence-electron chi connectivity index (χ1n) is 6.61. The van der Waals surface area contributed by atoms with Gasteiger partial charge in [-0.2, -0.15) is 5.26 Å². The molecule has 98 valence electrons. The van der Waals surface area contributed by atoms with Crippen LogP contribution in [0.2, 0.25) is 0 Å². The van der Waals surface area contributed by atoms with Gasteiger partial charge in [-0.05, 0) is 46.8 Å². The summed E-state index contributed by atoms with van der Waals surface area (Å²) >= 11 is 0. The molecule has 2 aromatic carbocycles. The number of nitrogens with one attached hydrogen (secondary N) is 2. The summed E-state index contributed by atoms with van der Waals surface area (Å²) in [7, 11) is 0. The summed E-state index contributed by atoms with van der Waals surface area (Å²) in [6.45, 7) is 1.64. The molecule has 3 rings (SSSR count). The van der Waals surface area contributed by atoms with Crippen molar-refractivity contribution >= 4 is 10.9 Å². The normalized spacial score (nSPS) is 10.6. The highest BCUT2D eigenvalue weighted by atomic mass is 14.8. The summed E-state index contributed by atoms with van der Waals surface area (Å²) in [4.78, 5) is 3.19. The molecular formula is C17H15N3. The lowest BCUT2D eigenvalue weighted by atomic mass is 10.1. The number of nitrogens with zero attached hydrogens (tertiary/aromatic N) is 1. The van der Waals surface area contributed by atoms with Gasteiger partial charge in [-0.3, -0.25) is 0 Å². The number of hydrogen-bond donors (Lipinski definition) is 2. The Balaban J connectivity index is 1.60. The largest absolute Gasteiger partial charge is 0.361 e. The van der Waals surface area contributed by atoms with Crippen molar-refractivity contribution < 1.29 is 0 Å². The zero-order valence-corrected chi connectivity index (χ0v) is 11.1. The van der Waals surface area contributed by atoms with Gasteiger partial charge in [0.1, 0.15) is 0 Å². The van der Waals surface area contributed by atoms with Gasteiger partial charge in [0.25, 0.3) is 0 Å². The molecule has 0 aliphatic rings. The van der Waals surface area contributed by atoms with E-state index >= 15 is 0 Å². The van der Waals surface area contributed by atoms with Crippen LogP contribution in [-0.4, -0.2) is 4.98 Å². The lowest BCUT2D eigenvalue weighted by Crippen LogP contribution is -2.12. The van der Waals surface area contributed by atoms with Crippen LogP contribution in [0.25, 0.3) is 10.9 Å². The second-order valence-corrected chi connectivity index (χ2v) is 4.81. The van der Waals surface area contributed by atoms with Crippen LogP contribution in [0.15, 0.2) is 54.7 Å². The zero-order chi connectivity index (χ0) is 13.8. The van der Waals surface area contributed by atoms with Gasteiger partial charge in [0.2, 0.25) is 0 Å². The summed E-state index contributed by atoms with van der Waals surface area (Å²) in [6.07, 6.45) is 1.96. The number of aromatic nitrogens is 1. The Hall–Kier alpha value is -2.57. The van der Waals surface area contributed by atoms with Gasteiger partial charge in [0.05, 0.1) is 11.6 Å². The van der Waals surface area contributed by atoms with Crippen LogP contribution in [0.1, 0.15) is 16.7 Å². The van der Waals surface area contributed by atoms with E-state index in [1.165, 1.54) is 22.0 Å². The van der Waals surface area contributed by atoms with Crippen molar-refractivity contribution in [3.8, 4) is 6.07 Å². The van der Waals surface area contributed by atoms with Crippen molar-refractivity contribution in [2.24, 2.45) is 0 Å². The number of fused-ring (bicyclic) bond motifs is 1. The molecule has 0 radical (unpaired) electrons. The molecular weight excluding hydrogens is 246 g/mol. The first-order chi connectivity index (χ1) is 9.85. The topological polar surface area (TPSA) is 51.6 Å². The summed E-state index contributed by atoms with van der Waals surface area (Å²) in [5.74, 6) is 0. The molecule has 0 spiro atoms. The lowest BCUT2D eigenvalue weighted by Gasteiger charge is -2.05. The fraction of sp³-hybridized carbons (Fsp3) is 0.118. The van der Waals surface area contributed by atoms with E-state index in [9.17, 15) is 0 Å². The number of nitriles is 1. The molecule has 0 bridgehead atoms. The van der Waals surface area contributed by atoms with Crippen LogP contribution in [0.5, 0.6) is 0 Å². The van der Waals surface area contributed by atoms with E-state index in [1.54, 1.807) is 0 Å². The number of aromatic amines is 1. The predicted molar refractivity (Wildman–Crippen MR) is 80.0 cm³/mol. The van der Waals surface area contributed by atoms with E-state index in [1.807, 2.05) is 30.5 Å². The number of benzene rings is 2. The summed E-state index contributed by atoms with van der Waals surface area (Å²) < 4.78 is 0. The molecule has 1 heterocycles. The quantitative estimate of drug-likeness (QED) is 0.757. The second-order valence-electron chi connectivity index (χ2n) is 4.81. The van der Waals surface area contributed by atoms with Gasteiger partial charge in [0.15, 0.2) is 0 Å². The van der Waals surface area contributed by atoms with E-state index in [0.717, 1.165) is 13.1 Å². The number of rotatable bonds is 4. The minimum atomic E-state index is 0.701. The molecule has 20 heavy (non-hydrogen) atoms. The van der Waals surface area contributed by atoms with Crippen molar-refractivity contribution in [1.29, 1.82) is 5.26 Å². The highest BCUT2D eigenvalue weighted by Gasteiger charge is 1.98. The van der Waals surface area contributed by atoms with Crippen LogP contribution in [0.3, 0.4) is 0 Å². The second kappa shape index (κ2) is 5.60. The van der Waals surface area contributed by atoms with Crippen LogP contribution in [0.4, 0.5) is 0 Å². The third-order valence-corrected chi connectivity index (χ3v) is 3.36. The van der Waals surface area contributed by atoms with Crippen molar-refractivity contribution in [3.63, 3.8) is 0 Å². The van der Waals surface area contributed by atoms with Gasteiger partial charge in [-0.25, -0.2) is 0 Å². The molecule has 3 heteroatoms. The van der Waals surface area contributed by atoms with Crippen LogP contribution in [0, 0.1) is 11.3 Å². The molecule has 0 saturated carbocycles. The van der Waals surface area contributed by atoms with Crippen LogP contribution in [-0.2, 0) is 13.1 Å². The molecule has 0 amide bonds. The Morgan fingerprint density at radius 3 is 2.50 bits per heavy atom. The van der Waals surface area contributed by atoms with Crippen molar-refractivity contribution in [3.05, 3.63) is 71.4 Å². The summed E-state index contributed by atoms with van der Waals surface area (Å²) in [5.41, 5.74) is 4.32. The van der Waals surface area contributed by atoms with E-state index in [4.69, 9.17) is 5.26 Å². The molecule has 2 N–H and O–H groups in total. The summed E-state index contributed by atoms with van der Waals surface area (Å²) in [5, 5.41) is 13.4. The van der Waals surface area contributed by atoms with E-state index in [2.05, 4.69) is 40.6 Å². The Kier molecular flexibility index (Phi) is 3.49. The third kappa shape index (κ3) is 2.71. The van der Waals surface area contributed by atoms with E-state index in [-0.39, 0.29) is 0 Å². The maximum Gasteiger partial charge on any atom is 0.0991 e. The molecule has 0 fully saturated rings. The van der Waals surface area contributed by atoms with Gasteiger partial charge in [-0.15, -0.1) is 0 Å². The fourth-order valence-electron chi connectivity index (χ4n) is 2.26. The SMILES string of the molecule is N#Cc1ccc(CNCc2ccc3[nH]ccc3c2)cc1. The highest BCUT2D eigenvalue weighted by Crippen LogP contribution is 2.14. The zero-order valence-electron chi connectivity index (χ0n) is 11.1. The van der Waals surface area contributed by atoms with E-state index in [0.29, 0.717) is 5.56 Å². The predicted octanol–water partition coefficient (Wildman–Crippen LogP) is 3.33. The smallest absolute Gasteiger partial charge is 0.0991 e. The molecule has 0 atom stereocenters. The van der Waals surface area contributed by atoms with Crippen LogP contribution < -0.4 is 5.32 Å². The molecule has 0 aliphatic heterocycles.